The zero-order valence-electron chi connectivity index (χ0n) is 6.99. The summed E-state index contributed by atoms with van der Waals surface area (Å²) in [5.41, 5.74) is 0. The molecule has 0 aliphatic carbocycles. The van der Waals surface area contributed by atoms with Crippen LogP contribution < -0.4 is 0 Å². The molecule has 0 bridgehead atoms. The van der Waals surface area contributed by atoms with Gasteiger partial charge in [0.25, 0.3) is 5.22 Å². The highest BCUT2D eigenvalue weighted by Gasteiger charge is 2.17. The molecule has 0 amide bonds. The zero-order valence-corrected chi connectivity index (χ0v) is 8.62. The summed E-state index contributed by atoms with van der Waals surface area (Å²) in [5, 5.41) is 0.416. The Morgan fingerprint density at radius 2 is 2.08 bits per heavy atom. The fourth-order valence-corrected chi connectivity index (χ4v) is 2.05. The molecule has 0 atom stereocenters. The van der Waals surface area contributed by atoms with Crippen LogP contribution >= 0.6 is 11.8 Å². The van der Waals surface area contributed by atoms with Gasteiger partial charge in [0, 0.05) is 6.26 Å². The Balaban J connectivity index is 3.27. The number of aryl methyl sites for hydroxylation is 1. The van der Waals surface area contributed by atoms with E-state index in [-0.39, 0.29) is 5.03 Å². The number of aromatic nitrogens is 1. The molecule has 0 aromatic carbocycles. The Labute approximate surface area is 75.3 Å². The van der Waals surface area contributed by atoms with Crippen LogP contribution in [0, 0.1) is 6.92 Å². The zero-order chi connectivity index (χ0) is 9.35. The van der Waals surface area contributed by atoms with Crippen molar-refractivity contribution in [2.75, 3.05) is 12.5 Å². The first kappa shape index (κ1) is 9.60. The lowest BCUT2D eigenvalue weighted by atomic mass is 10.6. The van der Waals surface area contributed by atoms with Crippen molar-refractivity contribution in [1.29, 1.82) is 0 Å². The van der Waals surface area contributed by atoms with Crippen LogP contribution in [-0.4, -0.2) is 25.9 Å². The van der Waals surface area contributed by atoms with E-state index in [0.717, 1.165) is 6.26 Å². The van der Waals surface area contributed by atoms with Crippen LogP contribution in [0.5, 0.6) is 0 Å². The van der Waals surface area contributed by atoms with E-state index < -0.39 is 9.84 Å². The minimum absolute atomic E-state index is 0.0341. The van der Waals surface area contributed by atoms with Gasteiger partial charge in [-0.1, -0.05) is 11.8 Å². The molecule has 0 fully saturated rings. The minimum atomic E-state index is -3.24. The number of thioether (sulfide) groups is 1. The second-order valence-corrected chi connectivity index (χ2v) is 5.01. The van der Waals surface area contributed by atoms with Crippen molar-refractivity contribution in [3.63, 3.8) is 0 Å². The highest BCUT2D eigenvalue weighted by Crippen LogP contribution is 2.21. The molecular weight excluding hydrogens is 198 g/mol. The Kier molecular flexibility index (Phi) is 2.48. The van der Waals surface area contributed by atoms with Crippen LogP contribution in [0.1, 0.15) is 5.76 Å². The van der Waals surface area contributed by atoms with Gasteiger partial charge in [-0.15, -0.1) is 0 Å². The number of hydrogen-bond acceptors (Lipinski definition) is 5. The van der Waals surface area contributed by atoms with Crippen LogP contribution in [0.3, 0.4) is 0 Å². The second-order valence-electron chi connectivity index (χ2n) is 2.32. The molecule has 12 heavy (non-hydrogen) atoms. The molecule has 0 aliphatic rings. The van der Waals surface area contributed by atoms with Gasteiger partial charge >= 0.3 is 0 Å². The van der Waals surface area contributed by atoms with Crippen molar-refractivity contribution in [2.24, 2.45) is 0 Å². The molecule has 4 nitrogen and oxygen atoms in total. The van der Waals surface area contributed by atoms with Crippen molar-refractivity contribution >= 4 is 21.6 Å². The maximum absolute atomic E-state index is 11.1. The van der Waals surface area contributed by atoms with Gasteiger partial charge in [-0.3, -0.25) is 0 Å². The third kappa shape index (κ3) is 1.81. The molecular formula is C6H9NO3S2. The fraction of sp³-hybridized carbons (Fsp3) is 0.500. The molecule has 0 spiro atoms. The smallest absolute Gasteiger partial charge is 0.256 e. The van der Waals surface area contributed by atoms with Gasteiger partial charge in [0.05, 0.1) is 0 Å². The molecule has 6 heteroatoms. The quantitative estimate of drug-likeness (QED) is 0.680. The van der Waals surface area contributed by atoms with Gasteiger partial charge < -0.3 is 4.42 Å². The van der Waals surface area contributed by atoms with E-state index >= 15 is 0 Å². The van der Waals surface area contributed by atoms with E-state index in [9.17, 15) is 8.42 Å². The van der Waals surface area contributed by atoms with Gasteiger partial charge in [0.2, 0.25) is 0 Å². The number of rotatable bonds is 2. The van der Waals surface area contributed by atoms with Crippen molar-refractivity contribution in [3.05, 3.63) is 5.76 Å². The van der Waals surface area contributed by atoms with E-state index in [0.29, 0.717) is 11.0 Å². The normalized spacial score (nSPS) is 11.9. The van der Waals surface area contributed by atoms with Gasteiger partial charge in [-0.25, -0.2) is 8.42 Å². The maximum Gasteiger partial charge on any atom is 0.256 e. The van der Waals surface area contributed by atoms with Gasteiger partial charge in [0.15, 0.2) is 14.9 Å². The summed E-state index contributed by atoms with van der Waals surface area (Å²) in [6, 6.07) is 0. The van der Waals surface area contributed by atoms with Crippen LogP contribution in [0.25, 0.3) is 0 Å². The summed E-state index contributed by atoms with van der Waals surface area (Å²) >= 11 is 1.28. The van der Waals surface area contributed by atoms with Gasteiger partial charge in [-0.05, 0) is 13.2 Å². The van der Waals surface area contributed by atoms with Gasteiger partial charge in [-0.2, -0.15) is 4.98 Å². The topological polar surface area (TPSA) is 60.2 Å². The maximum atomic E-state index is 11.1. The third-order valence-corrected chi connectivity index (χ3v) is 2.87. The molecule has 0 N–H and O–H groups in total. The molecule has 1 heterocycles. The Morgan fingerprint density at radius 1 is 1.50 bits per heavy atom. The summed E-state index contributed by atoms with van der Waals surface area (Å²) in [6.45, 7) is 1.59. The van der Waals surface area contributed by atoms with E-state index in [1.807, 2.05) is 0 Å². The third-order valence-electron chi connectivity index (χ3n) is 1.26. The van der Waals surface area contributed by atoms with Crippen molar-refractivity contribution in [2.45, 2.75) is 17.2 Å². The first-order chi connectivity index (χ1) is 5.45. The monoisotopic (exact) mass is 207 g/mol. The Morgan fingerprint density at radius 3 is 2.33 bits per heavy atom. The van der Waals surface area contributed by atoms with E-state index in [4.69, 9.17) is 4.42 Å². The fourth-order valence-electron chi connectivity index (χ4n) is 0.790. The van der Waals surface area contributed by atoms with Crippen LogP contribution in [-0.2, 0) is 9.84 Å². The summed E-state index contributed by atoms with van der Waals surface area (Å²) in [5.74, 6) is 0.349. The van der Waals surface area contributed by atoms with E-state index in [1.54, 1.807) is 13.2 Å². The number of sulfone groups is 1. The average molecular weight is 207 g/mol. The SMILES string of the molecule is CSc1nc(S(C)(=O)=O)c(C)o1. The molecule has 1 aromatic rings. The van der Waals surface area contributed by atoms with Crippen molar-refractivity contribution in [3.8, 4) is 0 Å². The minimum Gasteiger partial charge on any atom is -0.435 e. The largest absolute Gasteiger partial charge is 0.435 e. The first-order valence-electron chi connectivity index (χ1n) is 3.16. The van der Waals surface area contributed by atoms with Crippen molar-refractivity contribution in [1.82, 2.24) is 4.98 Å². The number of nitrogens with zero attached hydrogens (tertiary/aromatic N) is 1. The predicted octanol–water partition coefficient (Wildman–Crippen LogP) is 1.11. The van der Waals surface area contributed by atoms with Crippen LogP contribution in [0.2, 0.25) is 0 Å². The lowest BCUT2D eigenvalue weighted by molar-refractivity contribution is 0.430. The summed E-state index contributed by atoms with van der Waals surface area (Å²) in [7, 11) is -3.24. The summed E-state index contributed by atoms with van der Waals surface area (Å²) in [6.07, 6.45) is 2.89. The molecule has 68 valence electrons. The molecule has 0 radical (unpaired) electrons. The number of oxazole rings is 1. The lowest BCUT2D eigenvalue weighted by Crippen LogP contribution is -1.98. The first-order valence-corrected chi connectivity index (χ1v) is 6.28. The molecule has 0 saturated carbocycles. The molecule has 0 aliphatic heterocycles. The predicted molar refractivity (Wildman–Crippen MR) is 46.1 cm³/mol. The standard InChI is InChI=1S/C6H9NO3S2/c1-4-5(12(3,8)9)7-6(10-4)11-2/h1-3H3. The number of hydrogen-bond donors (Lipinski definition) is 0. The molecule has 0 saturated heterocycles. The Bertz CT molecular complexity index is 379. The van der Waals surface area contributed by atoms with E-state index in [1.165, 1.54) is 11.8 Å². The highest BCUT2D eigenvalue weighted by atomic mass is 32.2. The second kappa shape index (κ2) is 3.10. The van der Waals surface area contributed by atoms with Gasteiger partial charge in [0.1, 0.15) is 5.76 Å². The molecule has 0 unspecified atom stereocenters. The van der Waals surface area contributed by atoms with Crippen LogP contribution in [0.15, 0.2) is 14.7 Å². The summed E-state index contributed by atoms with van der Waals surface area (Å²) in [4.78, 5) is 3.81. The molecule has 1 aromatic heterocycles. The highest BCUT2D eigenvalue weighted by molar-refractivity contribution is 7.98. The Hall–Kier alpha value is -0.490. The molecule has 1 rings (SSSR count). The lowest BCUT2D eigenvalue weighted by Gasteiger charge is -1.88. The summed E-state index contributed by atoms with van der Waals surface area (Å²) < 4.78 is 27.2. The van der Waals surface area contributed by atoms with Crippen molar-refractivity contribution < 1.29 is 12.8 Å². The van der Waals surface area contributed by atoms with E-state index in [2.05, 4.69) is 4.98 Å². The average Bonchev–Trinajstić information content (AvgIpc) is 2.29. The van der Waals surface area contributed by atoms with Crippen LogP contribution in [0.4, 0.5) is 0 Å².